The fraction of sp³-hybridized carbons (Fsp3) is 0.667. The first-order chi connectivity index (χ1) is 15.4. The van der Waals surface area contributed by atoms with Gasteiger partial charge in [0, 0.05) is 11.8 Å². The average molecular weight is 473 g/mol. The van der Waals surface area contributed by atoms with E-state index < -0.39 is 22.7 Å². The van der Waals surface area contributed by atoms with Crippen molar-refractivity contribution < 1.29 is 19.1 Å². The second kappa shape index (κ2) is 11.8. The second-order valence-corrected chi connectivity index (χ2v) is 12.4. The smallest absolute Gasteiger partial charge is 0.174 e. The zero-order valence-corrected chi connectivity index (χ0v) is 23.3. The van der Waals surface area contributed by atoms with Crippen molar-refractivity contribution >= 4 is 11.6 Å². The Hall–Kier alpha value is -1.78. The number of rotatable bonds is 13. The summed E-state index contributed by atoms with van der Waals surface area (Å²) < 4.78 is 12.9. The highest BCUT2D eigenvalue weighted by atomic mass is 16.5. The fourth-order valence-electron chi connectivity index (χ4n) is 3.72. The lowest BCUT2D eigenvalue weighted by molar-refractivity contribution is -0.177. The van der Waals surface area contributed by atoms with Crippen LogP contribution in [0.3, 0.4) is 0 Å². The molecule has 0 heterocycles. The number of carbonyl (C=O) groups is 2. The molecule has 0 bridgehead atoms. The summed E-state index contributed by atoms with van der Waals surface area (Å²) in [5, 5.41) is 0. The highest BCUT2D eigenvalue weighted by molar-refractivity contribution is 5.90. The van der Waals surface area contributed by atoms with Gasteiger partial charge >= 0.3 is 0 Å². The third kappa shape index (κ3) is 8.78. The Morgan fingerprint density at radius 3 is 1.94 bits per heavy atom. The van der Waals surface area contributed by atoms with E-state index in [1.807, 2.05) is 106 Å². The Kier molecular flexibility index (Phi) is 10.5. The largest absolute Gasteiger partial charge is 0.371 e. The van der Waals surface area contributed by atoms with Gasteiger partial charge in [-0.2, -0.15) is 0 Å². The van der Waals surface area contributed by atoms with E-state index in [0.29, 0.717) is 12.8 Å². The standard InChI is InChI=1S/C30H48O4/c1-12-17-23(20-16-21-24(31)27(2,3)4)33-30(10,11)29(8,9)26(32)25(34-28(5,6)7)22-18-14-13-15-19-22/h12-15,18-19,23,25H,1,16-17,20-21H2,2-11H3. The Balaban J connectivity index is 3.09. The van der Waals surface area contributed by atoms with Crippen molar-refractivity contribution in [3.63, 3.8) is 0 Å². The molecule has 2 atom stereocenters. The molecule has 4 heteroatoms. The van der Waals surface area contributed by atoms with Gasteiger partial charge in [-0.1, -0.05) is 71.0 Å². The molecule has 0 amide bonds. The van der Waals surface area contributed by atoms with E-state index in [4.69, 9.17) is 9.47 Å². The number of hydrogen-bond acceptors (Lipinski definition) is 4. The van der Waals surface area contributed by atoms with Gasteiger partial charge in [0.15, 0.2) is 5.78 Å². The highest BCUT2D eigenvalue weighted by Gasteiger charge is 2.48. The Morgan fingerprint density at radius 2 is 1.47 bits per heavy atom. The molecule has 0 aliphatic carbocycles. The van der Waals surface area contributed by atoms with Crippen LogP contribution < -0.4 is 0 Å². The van der Waals surface area contributed by atoms with Crippen molar-refractivity contribution in [3.05, 3.63) is 48.6 Å². The van der Waals surface area contributed by atoms with E-state index >= 15 is 0 Å². The van der Waals surface area contributed by atoms with Crippen LogP contribution in [0, 0.1) is 10.8 Å². The quantitative estimate of drug-likeness (QED) is 0.276. The molecule has 0 aromatic heterocycles. The minimum Gasteiger partial charge on any atom is -0.371 e. The van der Waals surface area contributed by atoms with Crippen LogP contribution in [0.2, 0.25) is 0 Å². The molecule has 0 fully saturated rings. The molecule has 0 spiro atoms. The lowest BCUT2D eigenvalue weighted by atomic mass is 9.71. The van der Waals surface area contributed by atoms with Crippen LogP contribution in [0.1, 0.15) is 107 Å². The Bertz CT molecular complexity index is 806. The maximum atomic E-state index is 14.0. The molecule has 1 rings (SSSR count). The van der Waals surface area contributed by atoms with Crippen molar-refractivity contribution in [2.45, 2.75) is 118 Å². The van der Waals surface area contributed by atoms with E-state index in [0.717, 1.165) is 18.4 Å². The van der Waals surface area contributed by atoms with Crippen molar-refractivity contribution in [3.8, 4) is 0 Å². The maximum absolute atomic E-state index is 14.0. The third-order valence-electron chi connectivity index (χ3n) is 6.59. The molecule has 0 saturated carbocycles. The average Bonchev–Trinajstić information content (AvgIpc) is 2.70. The molecule has 192 valence electrons. The fourth-order valence-corrected chi connectivity index (χ4v) is 3.72. The molecule has 0 aliphatic heterocycles. The summed E-state index contributed by atoms with van der Waals surface area (Å²) in [6, 6.07) is 9.66. The minimum atomic E-state index is -0.834. The third-order valence-corrected chi connectivity index (χ3v) is 6.59. The molecule has 0 saturated heterocycles. The number of ketones is 2. The molecule has 0 aliphatic rings. The van der Waals surface area contributed by atoms with E-state index in [-0.39, 0.29) is 23.1 Å². The van der Waals surface area contributed by atoms with Gasteiger partial charge in [-0.3, -0.25) is 9.59 Å². The predicted octanol–water partition coefficient (Wildman–Crippen LogP) is 7.66. The molecule has 2 unspecified atom stereocenters. The number of hydrogen-bond donors (Lipinski definition) is 0. The topological polar surface area (TPSA) is 52.6 Å². The zero-order chi connectivity index (χ0) is 26.4. The molecular weight excluding hydrogens is 424 g/mol. The summed E-state index contributed by atoms with van der Waals surface area (Å²) in [7, 11) is 0. The van der Waals surface area contributed by atoms with Gasteiger partial charge in [-0.05, 0) is 59.4 Å². The molecule has 1 aromatic carbocycles. The van der Waals surface area contributed by atoms with Gasteiger partial charge in [0.05, 0.1) is 22.7 Å². The number of Topliss-reactive ketones (excluding diaryl/α,β-unsaturated/α-hetero) is 2. The van der Waals surface area contributed by atoms with Crippen LogP contribution in [-0.2, 0) is 19.1 Å². The summed E-state index contributed by atoms with van der Waals surface area (Å²) in [6.07, 6.45) is 3.71. The van der Waals surface area contributed by atoms with Gasteiger partial charge in [-0.15, -0.1) is 6.58 Å². The molecule has 1 aromatic rings. The lowest BCUT2D eigenvalue weighted by Crippen LogP contribution is -2.51. The van der Waals surface area contributed by atoms with Crippen LogP contribution in [0.15, 0.2) is 43.0 Å². The zero-order valence-electron chi connectivity index (χ0n) is 23.3. The van der Waals surface area contributed by atoms with Crippen molar-refractivity contribution in [1.29, 1.82) is 0 Å². The van der Waals surface area contributed by atoms with Crippen molar-refractivity contribution in [2.75, 3.05) is 0 Å². The molecular formula is C30H48O4. The summed E-state index contributed by atoms with van der Waals surface area (Å²) in [4.78, 5) is 26.3. The molecule has 4 nitrogen and oxygen atoms in total. The van der Waals surface area contributed by atoms with Gasteiger partial charge < -0.3 is 9.47 Å². The van der Waals surface area contributed by atoms with Gasteiger partial charge in [0.1, 0.15) is 11.9 Å². The van der Waals surface area contributed by atoms with Gasteiger partial charge in [0.2, 0.25) is 0 Å². The minimum absolute atomic E-state index is 0.0149. The van der Waals surface area contributed by atoms with Crippen molar-refractivity contribution in [1.82, 2.24) is 0 Å². The maximum Gasteiger partial charge on any atom is 0.174 e. The van der Waals surface area contributed by atoms with Crippen LogP contribution in [0.5, 0.6) is 0 Å². The SMILES string of the molecule is C=CCC(CCCC(=O)C(C)(C)C)OC(C)(C)C(C)(C)C(=O)C(OC(C)(C)C)c1ccccc1. The Morgan fingerprint density at radius 1 is 0.912 bits per heavy atom. The number of ether oxygens (including phenoxy) is 2. The highest BCUT2D eigenvalue weighted by Crippen LogP contribution is 2.42. The van der Waals surface area contributed by atoms with E-state index in [1.165, 1.54) is 0 Å². The van der Waals surface area contributed by atoms with E-state index in [1.54, 1.807) is 0 Å². The van der Waals surface area contributed by atoms with E-state index in [9.17, 15) is 9.59 Å². The molecule has 0 N–H and O–H groups in total. The van der Waals surface area contributed by atoms with Gasteiger partial charge in [-0.25, -0.2) is 0 Å². The van der Waals surface area contributed by atoms with Crippen LogP contribution >= 0.6 is 0 Å². The van der Waals surface area contributed by atoms with Crippen LogP contribution in [0.4, 0.5) is 0 Å². The number of benzene rings is 1. The molecule has 0 radical (unpaired) electrons. The lowest BCUT2D eigenvalue weighted by Gasteiger charge is -2.44. The first kappa shape index (κ1) is 30.3. The second-order valence-electron chi connectivity index (χ2n) is 12.4. The van der Waals surface area contributed by atoms with Crippen LogP contribution in [-0.4, -0.2) is 28.9 Å². The summed E-state index contributed by atoms with van der Waals surface area (Å²) in [5.74, 6) is 0.239. The van der Waals surface area contributed by atoms with Crippen molar-refractivity contribution in [2.24, 2.45) is 10.8 Å². The summed E-state index contributed by atoms with van der Waals surface area (Å²) in [5.41, 5.74) is -1.57. The number of carbonyl (C=O) groups excluding carboxylic acids is 2. The summed E-state index contributed by atoms with van der Waals surface area (Å²) >= 11 is 0. The Labute approximate surface area is 208 Å². The first-order valence-electron chi connectivity index (χ1n) is 12.5. The monoisotopic (exact) mass is 472 g/mol. The normalized spacial score (nSPS) is 15.0. The molecule has 34 heavy (non-hydrogen) atoms. The van der Waals surface area contributed by atoms with Gasteiger partial charge in [0.25, 0.3) is 0 Å². The summed E-state index contributed by atoms with van der Waals surface area (Å²) in [6.45, 7) is 23.4. The van der Waals surface area contributed by atoms with E-state index in [2.05, 4.69) is 6.58 Å². The predicted molar refractivity (Wildman–Crippen MR) is 141 cm³/mol. The first-order valence-corrected chi connectivity index (χ1v) is 12.5. The van der Waals surface area contributed by atoms with Crippen LogP contribution in [0.25, 0.3) is 0 Å².